The molecule has 3 saturated carbocycles. The third-order valence-corrected chi connectivity index (χ3v) is 13.8. The zero-order chi connectivity index (χ0) is 41.6. The molecular weight excluding hydrogens is 746 g/mol. The van der Waals surface area contributed by atoms with E-state index in [9.17, 15) is 34.2 Å². The van der Waals surface area contributed by atoms with Gasteiger partial charge in [0, 0.05) is 46.8 Å². The van der Waals surface area contributed by atoms with Gasteiger partial charge in [-0.3, -0.25) is 29.0 Å². The minimum Gasteiger partial charge on any atom is -0.461 e. The van der Waals surface area contributed by atoms with Gasteiger partial charge in [-0.1, -0.05) is 55.8 Å². The molecule has 0 bridgehead atoms. The molecule has 306 valence electrons. The average molecular weight is 796 g/mol. The van der Waals surface area contributed by atoms with Crippen LogP contribution in [0.5, 0.6) is 0 Å². The first-order valence-corrected chi connectivity index (χ1v) is 19.9. The summed E-state index contributed by atoms with van der Waals surface area (Å²) in [5.74, 6) is -5.11. The summed E-state index contributed by atoms with van der Waals surface area (Å²) in [6.07, 6.45) is 6.51. The van der Waals surface area contributed by atoms with Gasteiger partial charge in [0.1, 0.15) is 12.2 Å². The number of allylic oxidation sites excluding steroid dienone is 4. The van der Waals surface area contributed by atoms with Crippen molar-refractivity contribution in [1.82, 2.24) is 4.98 Å². The first-order chi connectivity index (χ1) is 27.5. The highest BCUT2D eigenvalue weighted by Crippen LogP contribution is 2.70. The lowest BCUT2D eigenvalue weighted by molar-refractivity contribution is -0.220. The van der Waals surface area contributed by atoms with E-state index in [-0.39, 0.29) is 44.1 Å². The van der Waals surface area contributed by atoms with Gasteiger partial charge in [-0.05, 0) is 91.3 Å². The minimum absolute atomic E-state index is 0.0714. The Labute approximate surface area is 336 Å². The summed E-state index contributed by atoms with van der Waals surface area (Å²) in [6.45, 7) is 4.37. The molecule has 1 amide bonds. The van der Waals surface area contributed by atoms with Gasteiger partial charge in [0.25, 0.3) is 0 Å². The molecule has 0 spiro atoms. The summed E-state index contributed by atoms with van der Waals surface area (Å²) in [4.78, 5) is 68.3. The maximum Gasteiger partial charge on any atom is 0.306 e. The largest absolute Gasteiger partial charge is 0.461 e. The number of rotatable bonds is 12. The highest BCUT2D eigenvalue weighted by molar-refractivity contribution is 6.01. The van der Waals surface area contributed by atoms with Crippen LogP contribution in [0.2, 0.25) is 0 Å². The first kappa shape index (κ1) is 41.1. The molecule has 7 rings (SSSR count). The summed E-state index contributed by atoms with van der Waals surface area (Å²) < 4.78 is 28.0. The highest BCUT2D eigenvalue weighted by Gasteiger charge is 2.75. The zero-order valence-electron chi connectivity index (χ0n) is 32.9. The second-order valence-corrected chi connectivity index (χ2v) is 16.9. The van der Waals surface area contributed by atoms with Crippen molar-refractivity contribution in [1.29, 1.82) is 0 Å². The second-order valence-electron chi connectivity index (χ2n) is 16.9. The number of halogens is 1. The van der Waals surface area contributed by atoms with Gasteiger partial charge in [0.15, 0.2) is 18.1 Å². The smallest absolute Gasteiger partial charge is 0.306 e. The number of benzene rings is 2. The molecule has 0 saturated heterocycles. The quantitative estimate of drug-likeness (QED) is 0.176. The lowest BCUT2D eigenvalue weighted by Crippen LogP contribution is -2.69. The van der Waals surface area contributed by atoms with Crippen molar-refractivity contribution in [2.75, 3.05) is 18.5 Å². The Kier molecular flexibility index (Phi) is 11.0. The van der Waals surface area contributed by atoms with E-state index >= 15 is 4.39 Å². The van der Waals surface area contributed by atoms with E-state index in [2.05, 4.69) is 10.3 Å². The van der Waals surface area contributed by atoms with Crippen LogP contribution in [-0.2, 0) is 40.1 Å². The van der Waals surface area contributed by atoms with E-state index in [1.165, 1.54) is 12.2 Å². The number of nitrogens with one attached hydrogen (secondary N) is 1. The van der Waals surface area contributed by atoms with Crippen LogP contribution in [-0.4, -0.2) is 75.1 Å². The van der Waals surface area contributed by atoms with Crippen LogP contribution >= 0.6 is 0 Å². The molecule has 13 heteroatoms. The lowest BCUT2D eigenvalue weighted by atomic mass is 9.44. The minimum atomic E-state index is -2.11. The van der Waals surface area contributed by atoms with E-state index in [0.717, 1.165) is 10.8 Å². The molecule has 4 aliphatic carbocycles. The molecule has 58 heavy (non-hydrogen) atoms. The summed E-state index contributed by atoms with van der Waals surface area (Å²) in [6, 6.07) is 14.3. The number of hydrogen-bond donors (Lipinski definition) is 4. The number of fused-ring (bicyclic) bond motifs is 6. The van der Waals surface area contributed by atoms with Gasteiger partial charge in [-0.25, -0.2) is 4.39 Å². The Bertz CT molecular complexity index is 2210. The predicted molar refractivity (Wildman–Crippen MR) is 211 cm³/mol. The number of aliphatic hydroxyl groups is 2. The van der Waals surface area contributed by atoms with E-state index in [0.29, 0.717) is 41.6 Å². The van der Waals surface area contributed by atoms with Crippen LogP contribution in [0.25, 0.3) is 10.8 Å². The number of aromatic nitrogens is 1. The number of Topliss-reactive ketones (excluding diaryl/α,β-unsaturated/α-hetero) is 1. The number of anilines is 1. The Morgan fingerprint density at radius 3 is 2.47 bits per heavy atom. The molecule has 0 radical (unpaired) electrons. The maximum atomic E-state index is 17.4. The van der Waals surface area contributed by atoms with Crippen molar-refractivity contribution >= 4 is 45.9 Å². The van der Waals surface area contributed by atoms with Crippen molar-refractivity contribution in [2.24, 2.45) is 34.3 Å². The summed E-state index contributed by atoms with van der Waals surface area (Å²) >= 11 is 0. The molecule has 2 aromatic carbocycles. The summed E-state index contributed by atoms with van der Waals surface area (Å²) in [7, 11) is 0. The van der Waals surface area contributed by atoms with Crippen LogP contribution in [0.3, 0.4) is 0 Å². The molecule has 4 aliphatic rings. The fourth-order valence-corrected chi connectivity index (χ4v) is 10.5. The van der Waals surface area contributed by atoms with Crippen molar-refractivity contribution in [2.45, 2.75) is 89.2 Å². The lowest BCUT2D eigenvalue weighted by Gasteiger charge is -2.62. The Morgan fingerprint density at radius 1 is 1.02 bits per heavy atom. The number of ketones is 2. The molecule has 1 heterocycles. The number of aliphatic hydroxyl groups excluding tert-OH is 1. The maximum absolute atomic E-state index is 17.4. The van der Waals surface area contributed by atoms with E-state index in [4.69, 9.17) is 15.2 Å². The average Bonchev–Trinajstić information content (AvgIpc) is 3.41. The predicted octanol–water partition coefficient (Wildman–Crippen LogP) is 5.20. The number of pyridine rings is 1. The van der Waals surface area contributed by atoms with Crippen LogP contribution in [0.1, 0.15) is 76.3 Å². The molecular formula is C45H50FN3O9. The number of nitrogens with zero attached hydrogens (tertiary/aromatic N) is 1. The van der Waals surface area contributed by atoms with Crippen LogP contribution in [0.4, 0.5) is 10.1 Å². The van der Waals surface area contributed by atoms with Crippen LogP contribution < -0.4 is 11.1 Å². The van der Waals surface area contributed by atoms with Gasteiger partial charge < -0.3 is 30.7 Å². The van der Waals surface area contributed by atoms with E-state index < -0.39 is 76.2 Å². The number of alkyl halides is 1. The number of nitrogens with two attached hydrogens (primary N) is 1. The van der Waals surface area contributed by atoms with Crippen LogP contribution in [0.15, 0.2) is 84.7 Å². The Balaban J connectivity index is 0.890. The molecule has 12 nitrogen and oxygen atoms in total. The normalized spacial score (nSPS) is 31.6. The zero-order valence-corrected chi connectivity index (χ0v) is 32.9. The summed E-state index contributed by atoms with van der Waals surface area (Å²) in [5, 5.41) is 28.5. The number of ether oxygens (including phenoxy) is 2. The van der Waals surface area contributed by atoms with Gasteiger partial charge in [-0.15, -0.1) is 0 Å². The van der Waals surface area contributed by atoms with Gasteiger partial charge in [-0.2, -0.15) is 0 Å². The number of carbonyl (C=O) groups is 5. The molecule has 1 aromatic heterocycles. The molecule has 3 aromatic rings. The van der Waals surface area contributed by atoms with E-state index in [1.807, 2.05) is 18.2 Å². The number of amides is 1. The molecule has 3 fully saturated rings. The number of carbonyl (C=O) groups excluding carboxylic acids is 5. The number of hydrogen-bond acceptors (Lipinski definition) is 11. The van der Waals surface area contributed by atoms with Crippen molar-refractivity contribution in [3.05, 3.63) is 95.9 Å². The third-order valence-electron chi connectivity index (χ3n) is 13.8. The van der Waals surface area contributed by atoms with E-state index in [1.54, 1.807) is 69.6 Å². The van der Waals surface area contributed by atoms with Crippen molar-refractivity contribution < 1.29 is 48.0 Å². The Hall–Kier alpha value is -5.11. The third kappa shape index (κ3) is 6.86. The fraction of sp³-hybridized carbons (Fsp3) is 0.467. The second kappa shape index (κ2) is 15.6. The first-order valence-electron chi connectivity index (χ1n) is 19.9. The SMILES string of the molecule is C[C@@H]1C[C@H]2[C@@H]3CCC4=CC(=O)C=CC4(C)[C@@]3(F)[C@@H](O)CC2(C)[C@@]1(O)C(=O)COC(=O)CCC(=O)OCc1ccc([C@@H](CN)C(=O)Nc2ccc3cnccc3c2)cc1. The monoisotopic (exact) mass is 795 g/mol. The number of esters is 2. The topological polar surface area (TPSA) is 195 Å². The van der Waals surface area contributed by atoms with Gasteiger partial charge in [0.2, 0.25) is 11.7 Å². The Morgan fingerprint density at radius 2 is 1.74 bits per heavy atom. The fourth-order valence-electron chi connectivity index (χ4n) is 10.5. The molecule has 9 atom stereocenters. The van der Waals surface area contributed by atoms with Gasteiger partial charge in [0.05, 0.1) is 24.9 Å². The highest BCUT2D eigenvalue weighted by atomic mass is 19.1. The van der Waals surface area contributed by atoms with Crippen molar-refractivity contribution in [3.8, 4) is 0 Å². The molecule has 5 N–H and O–H groups in total. The van der Waals surface area contributed by atoms with Crippen molar-refractivity contribution in [3.63, 3.8) is 0 Å². The van der Waals surface area contributed by atoms with Gasteiger partial charge >= 0.3 is 11.9 Å². The van der Waals surface area contributed by atoms with Crippen LogP contribution in [0, 0.1) is 28.6 Å². The molecule has 2 unspecified atom stereocenters. The standard InChI is InChI=1S/C45H50FN3O9/c1-26-18-36-35-11-9-31-20-33(50)14-16-42(31,2)44(35,46)37(51)21-43(36,3)45(26,56)38(52)25-58-40(54)13-12-39(53)57-24-27-4-6-28(7-5-27)34(22-47)41(55)49-32-10-8-30-23-48-17-15-29(30)19-32/h4-8,10,14-17,19-20,23,26,34-37,51,56H,9,11-13,18,21-22,24-25,47H2,1-3H3,(H,49,55)/t26-,34-,35+,36+,37+,42?,43?,44+,45+/m1/s1. The summed E-state index contributed by atoms with van der Waals surface area (Å²) in [5.41, 5.74) is 2.05. The molecule has 0 aliphatic heterocycles.